The molecular formula is C35H47N3O7S. The van der Waals surface area contributed by atoms with Crippen molar-refractivity contribution in [3.05, 3.63) is 95.6 Å². The molecule has 3 atom stereocenters. The number of aryl methyl sites for hydroxylation is 1. The molecule has 0 saturated heterocycles. The third kappa shape index (κ3) is 9.54. The summed E-state index contributed by atoms with van der Waals surface area (Å²) in [7, 11) is -3.25. The van der Waals surface area contributed by atoms with E-state index in [-0.39, 0.29) is 34.7 Å². The standard InChI is InChI=1S/C35H47N3O7S/c1-6-8-19-30-24-31(20-21-32(30)44-5)46(42,43)38(41)35(36-33(39)22-26(3)7-2,27(4)23-28-15-11-9-12-16-28)37-34(40)45-25-29-17-13-10-14-18-29/h9-18,20-21,24,26-27,41H,6-8,19,22-23,25H2,1-5H3,(H,36,39)(H,37,40)/t26-,27+,35-/m0/s1. The summed E-state index contributed by atoms with van der Waals surface area (Å²) in [4.78, 5) is 26.7. The molecule has 0 aliphatic carbocycles. The second kappa shape index (κ2) is 17.1. The maximum Gasteiger partial charge on any atom is 0.410 e. The van der Waals surface area contributed by atoms with Gasteiger partial charge in [0.15, 0.2) is 0 Å². The monoisotopic (exact) mass is 653 g/mol. The Bertz CT molecular complexity index is 1520. The Morgan fingerprint density at radius 2 is 1.57 bits per heavy atom. The fourth-order valence-corrected chi connectivity index (χ4v) is 6.47. The second-order valence-electron chi connectivity index (χ2n) is 11.6. The number of carbonyl (C=O) groups excluding carboxylic acids is 2. The topological polar surface area (TPSA) is 134 Å². The number of carbonyl (C=O) groups is 2. The van der Waals surface area contributed by atoms with E-state index in [1.807, 2.05) is 57.2 Å². The maximum atomic E-state index is 14.3. The number of nitrogens with zero attached hydrogens (tertiary/aromatic N) is 1. The highest BCUT2D eigenvalue weighted by molar-refractivity contribution is 7.89. The van der Waals surface area contributed by atoms with E-state index in [1.165, 1.54) is 25.3 Å². The molecule has 3 aromatic rings. The zero-order valence-corrected chi connectivity index (χ0v) is 28.2. The predicted octanol–water partition coefficient (Wildman–Crippen LogP) is 6.43. The van der Waals surface area contributed by atoms with Crippen LogP contribution < -0.4 is 15.4 Å². The summed E-state index contributed by atoms with van der Waals surface area (Å²) in [5, 5.41) is 17.2. The van der Waals surface area contributed by atoms with Crippen molar-refractivity contribution >= 4 is 22.0 Å². The summed E-state index contributed by atoms with van der Waals surface area (Å²) in [6.45, 7) is 7.38. The van der Waals surface area contributed by atoms with Crippen LogP contribution in [0.2, 0.25) is 0 Å². The van der Waals surface area contributed by atoms with Crippen LogP contribution in [0.25, 0.3) is 0 Å². The first-order valence-electron chi connectivity index (χ1n) is 15.7. The van der Waals surface area contributed by atoms with Gasteiger partial charge < -0.3 is 14.8 Å². The number of hydroxylamine groups is 1. The molecule has 0 unspecified atom stereocenters. The Balaban J connectivity index is 2.13. The summed E-state index contributed by atoms with van der Waals surface area (Å²) < 4.78 is 39.6. The average molecular weight is 654 g/mol. The Morgan fingerprint density at radius 3 is 2.15 bits per heavy atom. The molecule has 11 heteroatoms. The summed E-state index contributed by atoms with van der Waals surface area (Å²) in [6.07, 6.45) is 2.11. The number of ether oxygens (including phenoxy) is 2. The van der Waals surface area contributed by atoms with Gasteiger partial charge >= 0.3 is 6.09 Å². The Kier molecular flexibility index (Phi) is 13.6. The minimum Gasteiger partial charge on any atom is -0.496 e. The smallest absolute Gasteiger partial charge is 0.410 e. The lowest BCUT2D eigenvalue weighted by Gasteiger charge is -2.44. The van der Waals surface area contributed by atoms with Gasteiger partial charge in [0.25, 0.3) is 10.0 Å². The Hall–Kier alpha value is -3.93. The number of benzene rings is 3. The molecular weight excluding hydrogens is 606 g/mol. The molecule has 250 valence electrons. The van der Waals surface area contributed by atoms with Crippen LogP contribution in [0.1, 0.15) is 70.1 Å². The molecule has 0 spiro atoms. The first-order chi connectivity index (χ1) is 22.0. The molecule has 46 heavy (non-hydrogen) atoms. The molecule has 0 aliphatic rings. The summed E-state index contributed by atoms with van der Waals surface area (Å²) in [6, 6.07) is 22.5. The van der Waals surface area contributed by atoms with E-state index in [0.29, 0.717) is 29.7 Å². The van der Waals surface area contributed by atoms with E-state index in [1.54, 1.807) is 31.2 Å². The van der Waals surface area contributed by atoms with Crippen LogP contribution in [0.4, 0.5) is 4.79 Å². The number of alkyl carbamates (subject to hydrolysis) is 1. The van der Waals surface area contributed by atoms with Crippen LogP contribution in [0.15, 0.2) is 83.8 Å². The minimum absolute atomic E-state index is 0.0363. The normalized spacial score (nSPS) is 14.2. The van der Waals surface area contributed by atoms with Crippen LogP contribution >= 0.6 is 0 Å². The van der Waals surface area contributed by atoms with E-state index in [9.17, 15) is 23.2 Å². The highest BCUT2D eigenvalue weighted by Crippen LogP contribution is 2.32. The van der Waals surface area contributed by atoms with Crippen molar-refractivity contribution in [2.45, 2.75) is 83.5 Å². The van der Waals surface area contributed by atoms with Gasteiger partial charge in [-0.3, -0.25) is 15.3 Å². The molecule has 0 heterocycles. The van der Waals surface area contributed by atoms with Crippen molar-refractivity contribution in [2.24, 2.45) is 11.8 Å². The van der Waals surface area contributed by atoms with Crippen molar-refractivity contribution in [3.63, 3.8) is 0 Å². The number of nitrogens with one attached hydrogen (secondary N) is 2. The van der Waals surface area contributed by atoms with Crippen LogP contribution in [0.3, 0.4) is 0 Å². The van der Waals surface area contributed by atoms with Gasteiger partial charge in [0, 0.05) is 12.3 Å². The van der Waals surface area contributed by atoms with Gasteiger partial charge in [0.1, 0.15) is 12.4 Å². The Morgan fingerprint density at radius 1 is 0.935 bits per heavy atom. The quantitative estimate of drug-likeness (QED) is 0.113. The number of amides is 2. The van der Waals surface area contributed by atoms with E-state index >= 15 is 0 Å². The number of unbranched alkanes of at least 4 members (excludes halogenated alkanes) is 1. The highest BCUT2D eigenvalue weighted by Gasteiger charge is 2.51. The fourth-order valence-electron chi connectivity index (χ4n) is 5.08. The van der Waals surface area contributed by atoms with Crippen LogP contribution in [-0.4, -0.2) is 43.0 Å². The summed E-state index contributed by atoms with van der Waals surface area (Å²) in [5.74, 6) is -3.30. The first kappa shape index (κ1) is 36.5. The minimum atomic E-state index is -4.75. The number of hydrogen-bond donors (Lipinski definition) is 3. The van der Waals surface area contributed by atoms with Crippen LogP contribution in [0, 0.1) is 11.8 Å². The van der Waals surface area contributed by atoms with E-state index in [2.05, 4.69) is 10.6 Å². The lowest BCUT2D eigenvalue weighted by Crippen LogP contribution is -2.74. The lowest BCUT2D eigenvalue weighted by molar-refractivity contribution is -0.157. The van der Waals surface area contributed by atoms with Gasteiger partial charge in [-0.1, -0.05) is 101 Å². The average Bonchev–Trinajstić information content (AvgIpc) is 3.06. The molecule has 3 N–H and O–H groups in total. The third-order valence-corrected chi connectivity index (χ3v) is 9.64. The Labute approximate surface area is 273 Å². The molecule has 3 aromatic carbocycles. The molecule has 0 saturated carbocycles. The predicted molar refractivity (Wildman–Crippen MR) is 176 cm³/mol. The van der Waals surface area contributed by atoms with Crippen LogP contribution in [-0.2, 0) is 39.0 Å². The summed E-state index contributed by atoms with van der Waals surface area (Å²) in [5.41, 5.74) is 2.15. The molecule has 0 fully saturated rings. The van der Waals surface area contributed by atoms with E-state index in [0.717, 1.165) is 18.4 Å². The van der Waals surface area contributed by atoms with Gasteiger partial charge in [-0.25, -0.2) is 13.2 Å². The third-order valence-electron chi connectivity index (χ3n) is 8.04. The van der Waals surface area contributed by atoms with Crippen molar-refractivity contribution in [1.29, 1.82) is 0 Å². The lowest BCUT2D eigenvalue weighted by atomic mass is 9.93. The zero-order chi connectivity index (χ0) is 33.7. The fraction of sp³-hybridized carbons (Fsp3) is 0.429. The van der Waals surface area contributed by atoms with Gasteiger partial charge in [-0.15, -0.1) is 0 Å². The second-order valence-corrected chi connectivity index (χ2v) is 13.4. The summed E-state index contributed by atoms with van der Waals surface area (Å²) >= 11 is 0. The molecule has 0 aliphatic heterocycles. The van der Waals surface area contributed by atoms with Gasteiger partial charge in [0.05, 0.1) is 12.0 Å². The van der Waals surface area contributed by atoms with Crippen molar-refractivity contribution in [3.8, 4) is 5.75 Å². The van der Waals surface area contributed by atoms with E-state index < -0.39 is 33.7 Å². The molecule has 2 amide bonds. The van der Waals surface area contributed by atoms with Crippen molar-refractivity contribution < 1.29 is 32.7 Å². The van der Waals surface area contributed by atoms with Gasteiger partial charge in [0.2, 0.25) is 11.7 Å². The molecule has 3 rings (SSSR count). The number of methoxy groups -OCH3 is 1. The van der Waals surface area contributed by atoms with Crippen molar-refractivity contribution in [2.75, 3.05) is 7.11 Å². The van der Waals surface area contributed by atoms with E-state index in [4.69, 9.17) is 9.47 Å². The number of hydrogen-bond acceptors (Lipinski definition) is 7. The molecule has 0 bridgehead atoms. The van der Waals surface area contributed by atoms with Crippen LogP contribution in [0.5, 0.6) is 5.75 Å². The SMILES string of the molecule is CCCCc1cc(S(=O)(=O)N(O)[C@@](NC(=O)C[C@@H](C)CC)(NC(=O)OCc2ccccc2)[C@H](C)Cc2ccccc2)ccc1OC. The number of rotatable bonds is 17. The molecule has 0 aromatic heterocycles. The molecule has 10 nitrogen and oxygen atoms in total. The highest BCUT2D eigenvalue weighted by atomic mass is 32.2. The van der Waals surface area contributed by atoms with Gasteiger partial charge in [-0.05, 0) is 64.5 Å². The van der Waals surface area contributed by atoms with Gasteiger partial charge in [-0.2, -0.15) is 0 Å². The first-order valence-corrected chi connectivity index (χ1v) is 17.2. The largest absolute Gasteiger partial charge is 0.496 e. The molecule has 0 radical (unpaired) electrons. The maximum absolute atomic E-state index is 14.3. The van der Waals surface area contributed by atoms with Crippen molar-refractivity contribution in [1.82, 2.24) is 15.1 Å². The number of sulfonamides is 1. The zero-order valence-electron chi connectivity index (χ0n) is 27.4.